The van der Waals surface area contributed by atoms with Gasteiger partial charge in [-0.15, -0.1) is 0 Å². The Kier molecular flexibility index (Phi) is 3.83. The molecule has 1 aromatic carbocycles. The first kappa shape index (κ1) is 12.4. The van der Waals surface area contributed by atoms with Gasteiger partial charge in [-0.25, -0.2) is 4.79 Å². The van der Waals surface area contributed by atoms with Crippen LogP contribution in [0.5, 0.6) is 5.75 Å². The van der Waals surface area contributed by atoms with E-state index in [4.69, 9.17) is 9.84 Å². The summed E-state index contributed by atoms with van der Waals surface area (Å²) >= 11 is 2.99. The fourth-order valence-electron chi connectivity index (χ4n) is 1.13. The van der Waals surface area contributed by atoms with Crippen molar-refractivity contribution in [1.82, 2.24) is 0 Å². The van der Waals surface area contributed by atoms with Crippen LogP contribution in [-0.2, 0) is 0 Å². The topological polar surface area (TPSA) is 89.7 Å². The normalized spacial score (nSPS) is 9.88. The van der Waals surface area contributed by atoms with E-state index in [1.807, 2.05) is 0 Å². The number of nitro benzene ring substituents is 1. The van der Waals surface area contributed by atoms with Crippen LogP contribution in [0.4, 0.5) is 5.69 Å². The standard InChI is InChI=1S/C9H8BrNO5/c1-2-16-8-4-6(10)7(11(14)15)3-5(8)9(12)13/h3-4H,2H2,1H3,(H,12,13). The Bertz CT molecular complexity index is 446. The van der Waals surface area contributed by atoms with Crippen molar-refractivity contribution in [3.05, 3.63) is 32.3 Å². The van der Waals surface area contributed by atoms with Crippen LogP contribution >= 0.6 is 15.9 Å². The highest BCUT2D eigenvalue weighted by atomic mass is 79.9. The maximum absolute atomic E-state index is 10.9. The summed E-state index contributed by atoms with van der Waals surface area (Å²) in [5.74, 6) is -1.16. The van der Waals surface area contributed by atoms with Crippen molar-refractivity contribution < 1.29 is 19.6 Å². The van der Waals surface area contributed by atoms with Gasteiger partial charge in [-0.1, -0.05) is 0 Å². The largest absolute Gasteiger partial charge is 0.493 e. The predicted octanol–water partition coefficient (Wildman–Crippen LogP) is 2.45. The lowest BCUT2D eigenvalue weighted by Gasteiger charge is -2.07. The van der Waals surface area contributed by atoms with Crippen LogP contribution in [0.15, 0.2) is 16.6 Å². The molecule has 86 valence electrons. The summed E-state index contributed by atoms with van der Waals surface area (Å²) in [5.41, 5.74) is -0.530. The lowest BCUT2D eigenvalue weighted by molar-refractivity contribution is -0.385. The minimum Gasteiger partial charge on any atom is -0.493 e. The molecule has 0 amide bonds. The number of ether oxygens (including phenoxy) is 1. The van der Waals surface area contributed by atoms with Gasteiger partial charge in [-0.3, -0.25) is 10.1 Å². The molecular weight excluding hydrogens is 282 g/mol. The number of benzene rings is 1. The Morgan fingerprint density at radius 1 is 1.62 bits per heavy atom. The van der Waals surface area contributed by atoms with Crippen LogP contribution in [0.1, 0.15) is 17.3 Å². The van der Waals surface area contributed by atoms with E-state index >= 15 is 0 Å². The molecular formula is C9H8BrNO5. The Morgan fingerprint density at radius 2 is 2.25 bits per heavy atom. The van der Waals surface area contributed by atoms with Gasteiger partial charge in [0.2, 0.25) is 0 Å². The molecule has 0 saturated heterocycles. The van der Waals surface area contributed by atoms with E-state index in [2.05, 4.69) is 15.9 Å². The first-order chi connectivity index (χ1) is 7.47. The second-order valence-corrected chi connectivity index (χ2v) is 3.65. The number of carbonyl (C=O) groups is 1. The van der Waals surface area contributed by atoms with Gasteiger partial charge in [0.25, 0.3) is 5.69 Å². The van der Waals surface area contributed by atoms with Gasteiger partial charge in [0.15, 0.2) is 0 Å². The second kappa shape index (κ2) is 4.93. The number of nitro groups is 1. The first-order valence-electron chi connectivity index (χ1n) is 4.31. The van der Waals surface area contributed by atoms with Gasteiger partial charge < -0.3 is 9.84 Å². The minimum absolute atomic E-state index is 0.104. The fraction of sp³-hybridized carbons (Fsp3) is 0.222. The predicted molar refractivity (Wildman–Crippen MR) is 58.9 cm³/mol. The van der Waals surface area contributed by atoms with Crippen molar-refractivity contribution in [3.8, 4) is 5.75 Å². The third-order valence-electron chi connectivity index (χ3n) is 1.78. The Labute approximate surface area is 99.1 Å². The van der Waals surface area contributed by atoms with Crippen molar-refractivity contribution in [3.63, 3.8) is 0 Å². The van der Waals surface area contributed by atoms with Crippen molar-refractivity contribution >= 4 is 27.6 Å². The summed E-state index contributed by atoms with van der Waals surface area (Å²) < 4.78 is 5.27. The molecule has 16 heavy (non-hydrogen) atoms. The molecule has 0 aliphatic rings. The van der Waals surface area contributed by atoms with E-state index in [-0.39, 0.29) is 28.1 Å². The molecule has 6 nitrogen and oxygen atoms in total. The summed E-state index contributed by atoms with van der Waals surface area (Å²) in [6.07, 6.45) is 0. The van der Waals surface area contributed by atoms with Crippen molar-refractivity contribution in [2.75, 3.05) is 6.61 Å². The molecule has 0 heterocycles. The number of halogens is 1. The number of carboxylic acids is 1. The smallest absolute Gasteiger partial charge is 0.339 e. The molecule has 7 heteroatoms. The van der Waals surface area contributed by atoms with Crippen LogP contribution in [-0.4, -0.2) is 22.6 Å². The van der Waals surface area contributed by atoms with Gasteiger partial charge in [-0.2, -0.15) is 0 Å². The highest BCUT2D eigenvalue weighted by Crippen LogP contribution is 2.32. The van der Waals surface area contributed by atoms with Crippen LogP contribution in [0.2, 0.25) is 0 Å². The summed E-state index contributed by atoms with van der Waals surface area (Å²) in [4.78, 5) is 20.8. The van der Waals surface area contributed by atoms with E-state index < -0.39 is 10.9 Å². The molecule has 1 rings (SSSR count). The van der Waals surface area contributed by atoms with Crippen LogP contribution in [0.3, 0.4) is 0 Å². The van der Waals surface area contributed by atoms with E-state index in [9.17, 15) is 14.9 Å². The zero-order chi connectivity index (χ0) is 12.3. The highest BCUT2D eigenvalue weighted by Gasteiger charge is 2.20. The molecule has 0 aliphatic carbocycles. The lowest BCUT2D eigenvalue weighted by atomic mass is 10.2. The molecule has 0 bridgehead atoms. The van der Waals surface area contributed by atoms with Crippen LogP contribution in [0.25, 0.3) is 0 Å². The summed E-state index contributed by atoms with van der Waals surface area (Å²) in [6.45, 7) is 1.98. The third-order valence-corrected chi connectivity index (χ3v) is 2.41. The number of carboxylic acid groups (broad SMARTS) is 1. The van der Waals surface area contributed by atoms with Crippen LogP contribution in [0, 0.1) is 10.1 Å². The van der Waals surface area contributed by atoms with Crippen molar-refractivity contribution in [2.24, 2.45) is 0 Å². The first-order valence-corrected chi connectivity index (χ1v) is 5.10. The minimum atomic E-state index is -1.26. The Morgan fingerprint density at radius 3 is 2.69 bits per heavy atom. The molecule has 0 saturated carbocycles. The molecule has 0 aromatic heterocycles. The highest BCUT2D eigenvalue weighted by molar-refractivity contribution is 9.10. The second-order valence-electron chi connectivity index (χ2n) is 2.80. The molecule has 0 fully saturated rings. The molecule has 0 unspecified atom stereocenters. The molecule has 0 spiro atoms. The zero-order valence-electron chi connectivity index (χ0n) is 8.27. The fourth-order valence-corrected chi connectivity index (χ4v) is 1.59. The quantitative estimate of drug-likeness (QED) is 0.679. The molecule has 0 atom stereocenters. The van der Waals surface area contributed by atoms with Crippen molar-refractivity contribution in [2.45, 2.75) is 6.92 Å². The lowest BCUT2D eigenvalue weighted by Crippen LogP contribution is -2.04. The molecule has 0 radical (unpaired) electrons. The molecule has 1 aromatic rings. The monoisotopic (exact) mass is 289 g/mol. The number of nitrogens with zero attached hydrogens (tertiary/aromatic N) is 1. The maximum Gasteiger partial charge on any atom is 0.339 e. The van der Waals surface area contributed by atoms with E-state index in [1.54, 1.807) is 6.92 Å². The van der Waals surface area contributed by atoms with Gasteiger partial charge >= 0.3 is 5.97 Å². The SMILES string of the molecule is CCOc1cc(Br)c([N+](=O)[O-])cc1C(=O)O. The average Bonchev–Trinajstić information content (AvgIpc) is 2.17. The molecule has 1 N–H and O–H groups in total. The van der Waals surface area contributed by atoms with E-state index in [1.165, 1.54) is 6.07 Å². The van der Waals surface area contributed by atoms with Gasteiger partial charge in [0, 0.05) is 12.1 Å². The number of rotatable bonds is 4. The van der Waals surface area contributed by atoms with E-state index in [0.717, 1.165) is 6.07 Å². The number of hydrogen-bond acceptors (Lipinski definition) is 4. The summed E-state index contributed by atoms with van der Waals surface area (Å²) in [7, 11) is 0. The van der Waals surface area contributed by atoms with Crippen molar-refractivity contribution in [1.29, 1.82) is 0 Å². The Hall–Kier alpha value is -1.63. The number of hydrogen-bond donors (Lipinski definition) is 1. The van der Waals surface area contributed by atoms with Gasteiger partial charge in [-0.05, 0) is 22.9 Å². The maximum atomic E-state index is 10.9. The van der Waals surface area contributed by atoms with Crippen LogP contribution < -0.4 is 4.74 Å². The summed E-state index contributed by atoms with van der Waals surface area (Å²) in [5, 5.41) is 19.5. The Balaban J connectivity index is 3.36. The van der Waals surface area contributed by atoms with E-state index in [0.29, 0.717) is 0 Å². The summed E-state index contributed by atoms with van der Waals surface area (Å²) in [6, 6.07) is 2.25. The third kappa shape index (κ3) is 2.48. The van der Waals surface area contributed by atoms with Gasteiger partial charge in [0.1, 0.15) is 11.3 Å². The zero-order valence-corrected chi connectivity index (χ0v) is 9.85. The average molecular weight is 290 g/mol. The molecule has 0 aliphatic heterocycles. The van der Waals surface area contributed by atoms with Gasteiger partial charge in [0.05, 0.1) is 16.0 Å². The number of aromatic carboxylic acids is 1.